The van der Waals surface area contributed by atoms with Crippen molar-refractivity contribution in [3.05, 3.63) is 52.5 Å². The number of halogens is 2. The number of aromatic nitrogens is 2. The lowest BCUT2D eigenvalue weighted by Crippen LogP contribution is -2.48. The molecule has 0 atom stereocenters. The van der Waals surface area contributed by atoms with Gasteiger partial charge in [-0.2, -0.15) is 0 Å². The Morgan fingerprint density at radius 3 is 2.33 bits per heavy atom. The first-order valence-electron chi connectivity index (χ1n) is 8.76. The summed E-state index contributed by atoms with van der Waals surface area (Å²) in [6.07, 6.45) is 0. The quantitative estimate of drug-likeness (QED) is 0.644. The largest absolute Gasteiger partial charge is 0.352 e. The molecule has 0 bridgehead atoms. The van der Waals surface area contributed by atoms with E-state index in [9.17, 15) is 4.79 Å². The molecule has 0 radical (unpaired) electrons. The highest BCUT2D eigenvalue weighted by atomic mass is 35.5. The Bertz CT molecular complexity index is 1020. The van der Waals surface area contributed by atoms with Crippen LogP contribution in [0.1, 0.15) is 6.92 Å². The lowest BCUT2D eigenvalue weighted by atomic mass is 10.1. The molecule has 2 aromatic carbocycles. The maximum Gasteiger partial charge on any atom is 0.219 e. The van der Waals surface area contributed by atoms with Gasteiger partial charge in [0.05, 0.1) is 20.9 Å². The fourth-order valence-electron chi connectivity index (χ4n) is 3.35. The van der Waals surface area contributed by atoms with Crippen LogP contribution in [0.15, 0.2) is 42.5 Å². The van der Waals surface area contributed by atoms with E-state index < -0.39 is 0 Å². The molecule has 1 aromatic heterocycles. The van der Waals surface area contributed by atoms with E-state index >= 15 is 0 Å². The van der Waals surface area contributed by atoms with Gasteiger partial charge in [0.15, 0.2) is 5.82 Å². The molecule has 0 unspecified atom stereocenters. The van der Waals surface area contributed by atoms with Crippen molar-refractivity contribution in [1.82, 2.24) is 14.9 Å². The maximum absolute atomic E-state index is 11.6. The highest BCUT2D eigenvalue weighted by Gasteiger charge is 2.23. The number of piperazine rings is 1. The van der Waals surface area contributed by atoms with Crippen molar-refractivity contribution in [3.63, 3.8) is 0 Å². The lowest BCUT2D eigenvalue weighted by molar-refractivity contribution is -0.129. The minimum Gasteiger partial charge on any atom is -0.352 e. The Morgan fingerprint density at radius 1 is 0.926 bits per heavy atom. The molecule has 0 spiro atoms. The third-order valence-electron chi connectivity index (χ3n) is 4.79. The second kappa shape index (κ2) is 7.33. The van der Waals surface area contributed by atoms with E-state index in [1.165, 1.54) is 0 Å². The number of hydrogen-bond donors (Lipinski definition) is 0. The van der Waals surface area contributed by atoms with Gasteiger partial charge >= 0.3 is 0 Å². The summed E-state index contributed by atoms with van der Waals surface area (Å²) in [4.78, 5) is 25.2. The number of nitrogens with zero attached hydrogens (tertiary/aromatic N) is 4. The summed E-state index contributed by atoms with van der Waals surface area (Å²) >= 11 is 12.9. The number of carbonyl (C=O) groups excluding carboxylic acids is 1. The summed E-state index contributed by atoms with van der Waals surface area (Å²) in [5, 5.41) is 2.04. The smallest absolute Gasteiger partial charge is 0.219 e. The van der Waals surface area contributed by atoms with Gasteiger partial charge in [-0.1, -0.05) is 41.4 Å². The molecule has 1 saturated heterocycles. The standard InChI is InChI=1S/C20H18Cl2N4O/c1-13(27)25-9-11-26(12-10-25)20-18-16(22)7-4-8-17(18)23-19(24-20)14-5-2-3-6-15(14)21/h2-8H,9-12H2,1H3. The summed E-state index contributed by atoms with van der Waals surface area (Å²) in [6, 6.07) is 13.2. The molecule has 1 fully saturated rings. The molecule has 138 valence electrons. The van der Waals surface area contributed by atoms with Crippen LogP contribution in [0.3, 0.4) is 0 Å². The molecule has 2 heterocycles. The van der Waals surface area contributed by atoms with Crippen LogP contribution in [0, 0.1) is 0 Å². The molecule has 1 amide bonds. The second-order valence-corrected chi connectivity index (χ2v) is 7.29. The minimum absolute atomic E-state index is 0.0944. The van der Waals surface area contributed by atoms with Crippen molar-refractivity contribution in [2.45, 2.75) is 6.92 Å². The number of hydrogen-bond acceptors (Lipinski definition) is 4. The lowest BCUT2D eigenvalue weighted by Gasteiger charge is -2.35. The Kier molecular flexibility index (Phi) is 4.89. The van der Waals surface area contributed by atoms with Crippen LogP contribution in [0.5, 0.6) is 0 Å². The topological polar surface area (TPSA) is 49.3 Å². The van der Waals surface area contributed by atoms with Gasteiger partial charge in [0.25, 0.3) is 0 Å². The van der Waals surface area contributed by atoms with E-state index in [0.29, 0.717) is 42.0 Å². The van der Waals surface area contributed by atoms with E-state index in [1.807, 2.05) is 47.4 Å². The Balaban J connectivity index is 1.83. The van der Waals surface area contributed by atoms with Gasteiger partial charge in [0.2, 0.25) is 5.91 Å². The van der Waals surface area contributed by atoms with Gasteiger partial charge in [-0.25, -0.2) is 9.97 Å². The summed E-state index contributed by atoms with van der Waals surface area (Å²) in [6.45, 7) is 4.30. The van der Waals surface area contributed by atoms with Crippen LogP contribution in [-0.4, -0.2) is 47.0 Å². The van der Waals surface area contributed by atoms with Gasteiger partial charge < -0.3 is 9.80 Å². The normalized spacial score (nSPS) is 14.6. The fraction of sp³-hybridized carbons (Fsp3) is 0.250. The molecule has 0 aliphatic carbocycles. The number of fused-ring (bicyclic) bond motifs is 1. The molecule has 5 nitrogen and oxygen atoms in total. The zero-order valence-electron chi connectivity index (χ0n) is 14.8. The molecule has 1 aliphatic heterocycles. The number of rotatable bonds is 2. The first kappa shape index (κ1) is 18.0. The number of carbonyl (C=O) groups is 1. The van der Waals surface area contributed by atoms with Crippen LogP contribution < -0.4 is 4.90 Å². The van der Waals surface area contributed by atoms with Crippen molar-refractivity contribution in [2.24, 2.45) is 0 Å². The summed E-state index contributed by atoms with van der Waals surface area (Å²) in [5.41, 5.74) is 1.56. The van der Waals surface area contributed by atoms with Gasteiger partial charge in [-0.15, -0.1) is 0 Å². The van der Waals surface area contributed by atoms with Crippen molar-refractivity contribution < 1.29 is 4.79 Å². The average Bonchev–Trinajstić information content (AvgIpc) is 2.68. The minimum atomic E-state index is 0.0944. The summed E-state index contributed by atoms with van der Waals surface area (Å²) in [7, 11) is 0. The number of anilines is 1. The molecule has 0 N–H and O–H groups in total. The SMILES string of the molecule is CC(=O)N1CCN(c2nc(-c3ccccc3Cl)nc3cccc(Cl)c23)CC1. The zero-order chi connectivity index (χ0) is 19.0. The third-order valence-corrected chi connectivity index (χ3v) is 5.44. The molecule has 3 aromatic rings. The number of benzene rings is 2. The summed E-state index contributed by atoms with van der Waals surface area (Å²) in [5.74, 6) is 1.44. The highest BCUT2D eigenvalue weighted by Crippen LogP contribution is 2.34. The van der Waals surface area contributed by atoms with Crippen LogP contribution in [0.4, 0.5) is 5.82 Å². The average molecular weight is 401 g/mol. The van der Waals surface area contributed by atoms with Gasteiger partial charge in [-0.3, -0.25) is 4.79 Å². The monoisotopic (exact) mass is 400 g/mol. The molecule has 27 heavy (non-hydrogen) atoms. The van der Waals surface area contributed by atoms with Crippen molar-refractivity contribution in [3.8, 4) is 11.4 Å². The van der Waals surface area contributed by atoms with Gasteiger partial charge in [0.1, 0.15) is 5.82 Å². The van der Waals surface area contributed by atoms with Gasteiger partial charge in [-0.05, 0) is 24.3 Å². The van der Waals surface area contributed by atoms with E-state index in [2.05, 4.69) is 4.90 Å². The van der Waals surface area contributed by atoms with Crippen molar-refractivity contribution >= 4 is 45.8 Å². The van der Waals surface area contributed by atoms with E-state index in [4.69, 9.17) is 33.2 Å². The highest BCUT2D eigenvalue weighted by molar-refractivity contribution is 6.36. The molecule has 1 aliphatic rings. The Morgan fingerprint density at radius 2 is 1.63 bits per heavy atom. The Hall–Kier alpha value is -2.37. The van der Waals surface area contributed by atoms with E-state index in [-0.39, 0.29) is 5.91 Å². The van der Waals surface area contributed by atoms with E-state index in [1.54, 1.807) is 6.92 Å². The van der Waals surface area contributed by atoms with Crippen LogP contribution in [0.25, 0.3) is 22.3 Å². The third kappa shape index (κ3) is 3.45. The first-order chi connectivity index (χ1) is 13.0. The predicted octanol–water partition coefficient (Wildman–Crippen LogP) is 4.27. The molecule has 0 saturated carbocycles. The zero-order valence-corrected chi connectivity index (χ0v) is 16.3. The van der Waals surface area contributed by atoms with Gasteiger partial charge in [0, 0.05) is 38.7 Å². The maximum atomic E-state index is 11.6. The predicted molar refractivity (Wildman–Crippen MR) is 109 cm³/mol. The molecular weight excluding hydrogens is 383 g/mol. The van der Waals surface area contributed by atoms with E-state index in [0.717, 1.165) is 22.3 Å². The molecule has 4 rings (SSSR count). The second-order valence-electron chi connectivity index (χ2n) is 6.48. The van der Waals surface area contributed by atoms with Crippen molar-refractivity contribution in [1.29, 1.82) is 0 Å². The first-order valence-corrected chi connectivity index (χ1v) is 9.52. The Labute approximate surface area is 167 Å². The molecule has 7 heteroatoms. The van der Waals surface area contributed by atoms with Crippen LogP contribution in [-0.2, 0) is 4.79 Å². The van der Waals surface area contributed by atoms with Crippen molar-refractivity contribution in [2.75, 3.05) is 31.1 Å². The van der Waals surface area contributed by atoms with Crippen LogP contribution >= 0.6 is 23.2 Å². The summed E-state index contributed by atoms with van der Waals surface area (Å²) < 4.78 is 0. The van der Waals surface area contributed by atoms with Crippen LogP contribution in [0.2, 0.25) is 10.0 Å². The molecular formula is C20H18Cl2N4O. The fourth-order valence-corrected chi connectivity index (χ4v) is 3.82. The number of amides is 1.